The smallest absolute Gasteiger partial charge is 0.342 e. The number of nitrogens with zero attached hydrogens (tertiary/aromatic N) is 1. The number of esters is 1. The summed E-state index contributed by atoms with van der Waals surface area (Å²) in [4.78, 5) is 34.3. The summed E-state index contributed by atoms with van der Waals surface area (Å²) >= 11 is 0. The maximum Gasteiger partial charge on any atom is 0.342 e. The SMILES string of the molecule is O=C(O)c1cc(OC(=O)C23CC4CC(CC(C4)C2)C3)ccc1[N+](=O)[O-]. The molecule has 0 aromatic heterocycles. The monoisotopic (exact) mass is 345 g/mol. The Hall–Kier alpha value is -2.44. The molecule has 4 fully saturated rings. The number of carbonyl (C=O) groups is 2. The number of hydrogen-bond acceptors (Lipinski definition) is 5. The fraction of sp³-hybridized carbons (Fsp3) is 0.556. The van der Waals surface area contributed by atoms with Crippen molar-refractivity contribution in [2.75, 3.05) is 0 Å². The van der Waals surface area contributed by atoms with E-state index < -0.39 is 27.6 Å². The Labute approximate surface area is 144 Å². The van der Waals surface area contributed by atoms with Gasteiger partial charge in [0.2, 0.25) is 0 Å². The van der Waals surface area contributed by atoms with Crippen LogP contribution < -0.4 is 4.74 Å². The molecule has 7 nitrogen and oxygen atoms in total. The van der Waals surface area contributed by atoms with Gasteiger partial charge in [-0.3, -0.25) is 14.9 Å². The number of carbonyl (C=O) groups excluding carboxylic acids is 1. The second kappa shape index (κ2) is 5.54. The van der Waals surface area contributed by atoms with Crippen LogP contribution in [-0.2, 0) is 4.79 Å². The van der Waals surface area contributed by atoms with Crippen LogP contribution in [0.25, 0.3) is 0 Å². The van der Waals surface area contributed by atoms with Crippen molar-refractivity contribution in [3.8, 4) is 5.75 Å². The molecule has 4 aliphatic rings. The number of ether oxygens (including phenoxy) is 1. The highest BCUT2D eigenvalue weighted by Gasteiger charge is 2.55. The van der Waals surface area contributed by atoms with Gasteiger partial charge in [-0.1, -0.05) is 0 Å². The Morgan fingerprint density at radius 3 is 2.16 bits per heavy atom. The zero-order valence-corrected chi connectivity index (χ0v) is 13.6. The summed E-state index contributed by atoms with van der Waals surface area (Å²) < 4.78 is 5.50. The molecule has 0 spiro atoms. The minimum Gasteiger partial charge on any atom is -0.477 e. The van der Waals surface area contributed by atoms with E-state index in [4.69, 9.17) is 9.84 Å². The molecule has 0 atom stereocenters. The van der Waals surface area contributed by atoms with Crippen LogP contribution in [0.5, 0.6) is 5.75 Å². The Balaban J connectivity index is 1.58. The van der Waals surface area contributed by atoms with Crippen molar-refractivity contribution >= 4 is 17.6 Å². The maximum absolute atomic E-state index is 12.9. The standard InChI is InChI=1S/C18H19NO6/c20-16(21)14-6-13(1-2-15(14)19(23)24)25-17(22)18-7-10-3-11(8-18)5-12(4-10)9-18/h1-2,6,10-12H,3-5,7-9H2,(H,20,21). The van der Waals surface area contributed by atoms with E-state index in [0.717, 1.165) is 31.4 Å². The Morgan fingerprint density at radius 2 is 1.68 bits per heavy atom. The van der Waals surface area contributed by atoms with E-state index in [-0.39, 0.29) is 11.7 Å². The van der Waals surface area contributed by atoms with Gasteiger partial charge in [0.05, 0.1) is 10.3 Å². The minimum atomic E-state index is -1.42. The third-order valence-corrected chi connectivity index (χ3v) is 6.08. The first-order valence-electron chi connectivity index (χ1n) is 8.60. The van der Waals surface area contributed by atoms with E-state index in [2.05, 4.69) is 0 Å². The van der Waals surface area contributed by atoms with Crippen molar-refractivity contribution in [2.45, 2.75) is 38.5 Å². The molecule has 4 saturated carbocycles. The van der Waals surface area contributed by atoms with Gasteiger partial charge in [-0.05, 0) is 62.3 Å². The maximum atomic E-state index is 12.9. The van der Waals surface area contributed by atoms with Crippen molar-refractivity contribution in [3.05, 3.63) is 33.9 Å². The number of aromatic carboxylic acids is 1. The molecule has 4 aliphatic carbocycles. The van der Waals surface area contributed by atoms with Crippen LogP contribution in [-0.4, -0.2) is 22.0 Å². The number of nitro groups is 1. The van der Waals surface area contributed by atoms with Crippen molar-refractivity contribution < 1.29 is 24.4 Å². The van der Waals surface area contributed by atoms with Gasteiger partial charge in [-0.2, -0.15) is 0 Å². The molecular weight excluding hydrogens is 326 g/mol. The molecule has 132 valence electrons. The molecule has 1 N–H and O–H groups in total. The molecule has 0 amide bonds. The topological polar surface area (TPSA) is 107 Å². The van der Waals surface area contributed by atoms with E-state index in [1.54, 1.807) is 0 Å². The molecular formula is C18H19NO6. The summed E-state index contributed by atoms with van der Waals surface area (Å²) in [6, 6.07) is 3.44. The number of rotatable bonds is 4. The number of carboxylic acid groups (broad SMARTS) is 1. The zero-order valence-electron chi connectivity index (χ0n) is 13.6. The fourth-order valence-electron chi connectivity index (χ4n) is 5.49. The van der Waals surface area contributed by atoms with Crippen LogP contribution in [0.1, 0.15) is 48.9 Å². The molecule has 0 saturated heterocycles. The van der Waals surface area contributed by atoms with E-state index >= 15 is 0 Å². The quantitative estimate of drug-likeness (QED) is 0.388. The van der Waals surface area contributed by atoms with E-state index in [1.807, 2.05) is 0 Å². The molecule has 4 bridgehead atoms. The summed E-state index contributed by atoms with van der Waals surface area (Å²) in [5.41, 5.74) is -1.44. The second-order valence-corrected chi connectivity index (χ2v) is 7.83. The number of nitro benzene ring substituents is 1. The Bertz CT molecular complexity index is 736. The van der Waals surface area contributed by atoms with Crippen LogP contribution in [0.3, 0.4) is 0 Å². The zero-order chi connectivity index (χ0) is 17.8. The Morgan fingerprint density at radius 1 is 1.12 bits per heavy atom. The first-order chi connectivity index (χ1) is 11.9. The molecule has 0 radical (unpaired) electrons. The number of carboxylic acids is 1. The van der Waals surface area contributed by atoms with Gasteiger partial charge in [-0.25, -0.2) is 4.79 Å². The molecule has 7 heteroatoms. The lowest BCUT2D eigenvalue weighted by Gasteiger charge is -2.55. The summed E-state index contributed by atoms with van der Waals surface area (Å²) in [5.74, 6) is 0.0978. The van der Waals surface area contributed by atoms with Crippen LogP contribution >= 0.6 is 0 Å². The third-order valence-electron chi connectivity index (χ3n) is 6.08. The lowest BCUT2D eigenvalue weighted by molar-refractivity contribution is -0.385. The lowest BCUT2D eigenvalue weighted by Crippen LogP contribution is -2.51. The van der Waals surface area contributed by atoms with Crippen molar-refractivity contribution in [1.82, 2.24) is 0 Å². The summed E-state index contributed by atoms with van der Waals surface area (Å²) in [6.07, 6.45) is 6.14. The summed E-state index contributed by atoms with van der Waals surface area (Å²) in [6.45, 7) is 0. The van der Waals surface area contributed by atoms with Gasteiger partial charge in [0, 0.05) is 12.1 Å². The van der Waals surface area contributed by atoms with Crippen LogP contribution in [0.4, 0.5) is 5.69 Å². The average molecular weight is 345 g/mol. The van der Waals surface area contributed by atoms with Crippen molar-refractivity contribution in [2.24, 2.45) is 23.2 Å². The molecule has 25 heavy (non-hydrogen) atoms. The van der Waals surface area contributed by atoms with Gasteiger partial charge in [0.1, 0.15) is 11.3 Å². The van der Waals surface area contributed by atoms with Gasteiger partial charge in [-0.15, -0.1) is 0 Å². The van der Waals surface area contributed by atoms with Crippen LogP contribution in [0.15, 0.2) is 18.2 Å². The predicted octanol–water partition coefficient (Wildman–Crippen LogP) is 3.41. The van der Waals surface area contributed by atoms with Crippen molar-refractivity contribution in [3.63, 3.8) is 0 Å². The van der Waals surface area contributed by atoms with Gasteiger partial charge < -0.3 is 9.84 Å². The Kier molecular flexibility index (Phi) is 3.56. The van der Waals surface area contributed by atoms with Gasteiger partial charge in [0.15, 0.2) is 0 Å². The third kappa shape index (κ3) is 2.67. The van der Waals surface area contributed by atoms with E-state index in [0.29, 0.717) is 17.8 Å². The van der Waals surface area contributed by atoms with E-state index in [9.17, 15) is 19.7 Å². The van der Waals surface area contributed by atoms with E-state index in [1.165, 1.54) is 25.3 Å². The van der Waals surface area contributed by atoms with Gasteiger partial charge >= 0.3 is 11.9 Å². The highest BCUT2D eigenvalue weighted by molar-refractivity contribution is 5.93. The summed E-state index contributed by atoms with van der Waals surface area (Å²) in [7, 11) is 0. The lowest BCUT2D eigenvalue weighted by atomic mass is 9.49. The second-order valence-electron chi connectivity index (χ2n) is 7.83. The largest absolute Gasteiger partial charge is 0.477 e. The van der Waals surface area contributed by atoms with Gasteiger partial charge in [0.25, 0.3) is 5.69 Å². The minimum absolute atomic E-state index is 0.0590. The summed E-state index contributed by atoms with van der Waals surface area (Å²) in [5, 5.41) is 20.1. The van der Waals surface area contributed by atoms with Crippen LogP contribution in [0.2, 0.25) is 0 Å². The highest BCUT2D eigenvalue weighted by Crippen LogP contribution is 2.60. The molecule has 5 rings (SSSR count). The highest BCUT2D eigenvalue weighted by atomic mass is 16.6. The normalized spacial score (nSPS) is 32.4. The average Bonchev–Trinajstić information content (AvgIpc) is 2.53. The number of hydrogen-bond donors (Lipinski definition) is 1. The predicted molar refractivity (Wildman–Crippen MR) is 86.3 cm³/mol. The number of benzene rings is 1. The fourth-order valence-corrected chi connectivity index (χ4v) is 5.49. The van der Waals surface area contributed by atoms with Crippen LogP contribution in [0, 0.1) is 33.3 Å². The molecule has 1 aromatic rings. The first kappa shape index (κ1) is 16.1. The molecule has 0 unspecified atom stereocenters. The first-order valence-corrected chi connectivity index (χ1v) is 8.60. The van der Waals surface area contributed by atoms with Crippen molar-refractivity contribution in [1.29, 1.82) is 0 Å². The molecule has 0 heterocycles. The molecule has 0 aliphatic heterocycles. The molecule has 1 aromatic carbocycles.